The van der Waals surface area contributed by atoms with Gasteiger partial charge >= 0.3 is 0 Å². The van der Waals surface area contributed by atoms with Crippen LogP contribution in [0.5, 0.6) is 0 Å². The molecular formula is C10H22N4O. The normalized spacial score (nSPS) is 26.7. The average Bonchev–Trinajstić information content (AvgIpc) is 2.66. The predicted octanol–water partition coefficient (Wildman–Crippen LogP) is 0.374. The molecule has 0 amide bonds. The lowest BCUT2D eigenvalue weighted by Gasteiger charge is -2.21. The summed E-state index contributed by atoms with van der Waals surface area (Å²) in [4.78, 5) is 4.38. The van der Waals surface area contributed by atoms with E-state index < -0.39 is 0 Å². The molecule has 0 aromatic heterocycles. The van der Waals surface area contributed by atoms with Crippen LogP contribution in [-0.4, -0.2) is 31.3 Å². The van der Waals surface area contributed by atoms with Crippen molar-refractivity contribution in [2.75, 3.05) is 19.7 Å². The number of hydrazine groups is 1. The topological polar surface area (TPSA) is 71.7 Å². The Morgan fingerprint density at radius 1 is 1.60 bits per heavy atom. The highest BCUT2D eigenvalue weighted by Gasteiger charge is 2.29. The van der Waals surface area contributed by atoms with Crippen LogP contribution in [0.25, 0.3) is 0 Å². The lowest BCUT2D eigenvalue weighted by atomic mass is 10.0. The highest BCUT2D eigenvalue weighted by molar-refractivity contribution is 5.79. The molecule has 15 heavy (non-hydrogen) atoms. The Morgan fingerprint density at radius 3 is 2.93 bits per heavy atom. The first-order valence-electron chi connectivity index (χ1n) is 5.59. The van der Waals surface area contributed by atoms with E-state index in [1.165, 1.54) is 0 Å². The number of nitrogens with zero attached hydrogens (tertiary/aromatic N) is 1. The second-order valence-electron chi connectivity index (χ2n) is 4.14. The van der Waals surface area contributed by atoms with Crippen LogP contribution in [0.3, 0.4) is 0 Å². The molecular weight excluding hydrogens is 192 g/mol. The van der Waals surface area contributed by atoms with Crippen molar-refractivity contribution in [3.63, 3.8) is 0 Å². The van der Waals surface area contributed by atoms with Crippen molar-refractivity contribution < 1.29 is 4.74 Å². The highest BCUT2D eigenvalue weighted by atomic mass is 16.5. The summed E-state index contributed by atoms with van der Waals surface area (Å²) >= 11 is 0. The van der Waals surface area contributed by atoms with E-state index in [2.05, 4.69) is 29.6 Å². The van der Waals surface area contributed by atoms with Crippen LogP contribution < -0.4 is 16.6 Å². The van der Waals surface area contributed by atoms with Crippen molar-refractivity contribution in [2.45, 2.75) is 38.7 Å². The number of nitrogens with one attached hydrogen (secondary N) is 2. The third kappa shape index (κ3) is 4.05. The van der Waals surface area contributed by atoms with Crippen LogP contribution in [0.4, 0.5) is 0 Å². The van der Waals surface area contributed by atoms with Crippen molar-refractivity contribution >= 4 is 5.96 Å². The molecule has 1 aliphatic rings. The minimum absolute atomic E-state index is 0.101. The lowest BCUT2D eigenvalue weighted by molar-refractivity contribution is 0.0283. The van der Waals surface area contributed by atoms with Crippen LogP contribution in [0, 0.1) is 0 Å². The molecule has 1 aliphatic heterocycles. The van der Waals surface area contributed by atoms with E-state index in [0.29, 0.717) is 12.5 Å². The minimum Gasteiger partial charge on any atom is -0.373 e. The van der Waals surface area contributed by atoms with E-state index in [0.717, 1.165) is 32.4 Å². The third-order valence-corrected chi connectivity index (χ3v) is 2.55. The molecule has 0 spiro atoms. The maximum Gasteiger partial charge on any atom is 0.205 e. The van der Waals surface area contributed by atoms with E-state index in [4.69, 9.17) is 10.6 Å². The van der Waals surface area contributed by atoms with Gasteiger partial charge in [0.25, 0.3) is 0 Å². The molecule has 1 rings (SSSR count). The highest BCUT2D eigenvalue weighted by Crippen LogP contribution is 2.24. The molecule has 0 saturated carbocycles. The number of rotatable bonds is 4. The summed E-state index contributed by atoms with van der Waals surface area (Å²) in [6.45, 7) is 6.57. The van der Waals surface area contributed by atoms with Crippen LogP contribution in [0.1, 0.15) is 33.1 Å². The van der Waals surface area contributed by atoms with Gasteiger partial charge in [0, 0.05) is 13.2 Å². The zero-order valence-electron chi connectivity index (χ0n) is 9.68. The average molecular weight is 214 g/mol. The maximum absolute atomic E-state index is 5.64. The molecule has 5 nitrogen and oxygen atoms in total. The lowest BCUT2D eigenvalue weighted by Crippen LogP contribution is -2.43. The van der Waals surface area contributed by atoms with Crippen LogP contribution in [0.15, 0.2) is 4.99 Å². The molecule has 0 aromatic rings. The minimum atomic E-state index is -0.101. The van der Waals surface area contributed by atoms with Gasteiger partial charge in [-0.25, -0.2) is 10.8 Å². The first-order chi connectivity index (χ1) is 7.20. The molecule has 1 fully saturated rings. The van der Waals surface area contributed by atoms with Gasteiger partial charge in [0.15, 0.2) is 0 Å². The summed E-state index contributed by atoms with van der Waals surface area (Å²) in [5.74, 6) is 6.00. The van der Waals surface area contributed by atoms with E-state index in [-0.39, 0.29) is 5.60 Å². The van der Waals surface area contributed by atoms with E-state index in [1.54, 1.807) is 0 Å². The Labute approximate surface area is 91.4 Å². The molecule has 1 saturated heterocycles. The van der Waals surface area contributed by atoms with E-state index in [1.807, 2.05) is 0 Å². The van der Waals surface area contributed by atoms with Gasteiger partial charge in [-0.15, -0.1) is 0 Å². The molecule has 0 aliphatic carbocycles. The number of hydrogen-bond acceptors (Lipinski definition) is 3. The Hall–Kier alpha value is -0.810. The summed E-state index contributed by atoms with van der Waals surface area (Å²) < 4.78 is 5.64. The Kier molecular flexibility index (Phi) is 4.84. The summed E-state index contributed by atoms with van der Waals surface area (Å²) in [5.41, 5.74) is 2.46. The summed E-state index contributed by atoms with van der Waals surface area (Å²) in [5, 5.41) is 3.12. The van der Waals surface area contributed by atoms with Gasteiger partial charge in [-0.2, -0.15) is 0 Å². The van der Waals surface area contributed by atoms with Gasteiger partial charge in [-0.3, -0.25) is 5.43 Å². The van der Waals surface area contributed by atoms with Gasteiger partial charge in [0.2, 0.25) is 5.96 Å². The van der Waals surface area contributed by atoms with Crippen molar-refractivity contribution in [2.24, 2.45) is 10.8 Å². The monoisotopic (exact) mass is 214 g/mol. The number of hydrogen-bond donors (Lipinski definition) is 3. The quantitative estimate of drug-likeness (QED) is 0.274. The fourth-order valence-electron chi connectivity index (χ4n) is 1.60. The third-order valence-electron chi connectivity index (χ3n) is 2.55. The largest absolute Gasteiger partial charge is 0.373 e. The molecule has 88 valence electrons. The van der Waals surface area contributed by atoms with E-state index >= 15 is 0 Å². The van der Waals surface area contributed by atoms with Crippen LogP contribution in [0.2, 0.25) is 0 Å². The zero-order valence-corrected chi connectivity index (χ0v) is 9.68. The number of ether oxygens (including phenoxy) is 1. The predicted molar refractivity (Wildman–Crippen MR) is 61.5 cm³/mol. The molecule has 0 bridgehead atoms. The molecule has 1 atom stereocenters. The Balaban J connectivity index is 2.38. The second kappa shape index (κ2) is 5.92. The van der Waals surface area contributed by atoms with Crippen molar-refractivity contribution in [1.29, 1.82) is 0 Å². The van der Waals surface area contributed by atoms with Gasteiger partial charge in [0.1, 0.15) is 0 Å². The molecule has 1 heterocycles. The molecule has 0 radical (unpaired) electrons. The fraction of sp³-hybridized carbons (Fsp3) is 0.900. The zero-order chi connectivity index (χ0) is 11.1. The molecule has 0 aromatic carbocycles. The van der Waals surface area contributed by atoms with Crippen LogP contribution >= 0.6 is 0 Å². The SMILES string of the molecule is CCCNC(=NCC1(C)CCCO1)NN. The Morgan fingerprint density at radius 2 is 2.40 bits per heavy atom. The number of aliphatic imine (C=N–C) groups is 1. The van der Waals surface area contributed by atoms with Gasteiger partial charge in [0.05, 0.1) is 12.1 Å². The Bertz CT molecular complexity index is 211. The van der Waals surface area contributed by atoms with Gasteiger partial charge < -0.3 is 10.1 Å². The van der Waals surface area contributed by atoms with Gasteiger partial charge in [-0.05, 0) is 26.2 Å². The first kappa shape index (κ1) is 12.3. The van der Waals surface area contributed by atoms with Crippen molar-refractivity contribution in [3.8, 4) is 0 Å². The molecule has 4 N–H and O–H groups in total. The fourth-order valence-corrected chi connectivity index (χ4v) is 1.60. The second-order valence-corrected chi connectivity index (χ2v) is 4.14. The number of guanidine groups is 1. The van der Waals surface area contributed by atoms with Crippen molar-refractivity contribution in [3.05, 3.63) is 0 Å². The van der Waals surface area contributed by atoms with Crippen LogP contribution in [-0.2, 0) is 4.74 Å². The summed E-state index contributed by atoms with van der Waals surface area (Å²) in [6.07, 6.45) is 3.25. The van der Waals surface area contributed by atoms with Gasteiger partial charge in [-0.1, -0.05) is 6.92 Å². The van der Waals surface area contributed by atoms with E-state index in [9.17, 15) is 0 Å². The summed E-state index contributed by atoms with van der Waals surface area (Å²) in [7, 11) is 0. The standard InChI is InChI=1S/C10H22N4O/c1-3-6-12-9(14-11)13-8-10(2)5-4-7-15-10/h3-8,11H2,1-2H3,(H2,12,13,14). The molecule has 1 unspecified atom stereocenters. The number of nitrogens with two attached hydrogens (primary N) is 1. The first-order valence-corrected chi connectivity index (χ1v) is 5.59. The molecule has 5 heteroatoms. The smallest absolute Gasteiger partial charge is 0.205 e. The maximum atomic E-state index is 5.64. The summed E-state index contributed by atoms with van der Waals surface area (Å²) in [6, 6.07) is 0. The van der Waals surface area contributed by atoms with Crippen molar-refractivity contribution in [1.82, 2.24) is 10.7 Å².